The predicted molar refractivity (Wildman–Crippen MR) is 77.3 cm³/mol. The van der Waals surface area contributed by atoms with E-state index in [-0.39, 0.29) is 0 Å². The molecule has 1 saturated carbocycles. The van der Waals surface area contributed by atoms with E-state index in [0.29, 0.717) is 11.5 Å². The van der Waals surface area contributed by atoms with Crippen LogP contribution in [0.5, 0.6) is 0 Å². The van der Waals surface area contributed by atoms with Crippen LogP contribution < -0.4 is 5.32 Å². The Balaban J connectivity index is 2.22. The minimum absolute atomic E-state index is 0.513. The summed E-state index contributed by atoms with van der Waals surface area (Å²) in [6.07, 6.45) is 11.6. The zero-order valence-corrected chi connectivity index (χ0v) is 12.5. The molecule has 1 aliphatic rings. The summed E-state index contributed by atoms with van der Waals surface area (Å²) in [5.74, 6) is 1.04. The summed E-state index contributed by atoms with van der Waals surface area (Å²) >= 11 is 0. The van der Waals surface area contributed by atoms with Crippen molar-refractivity contribution >= 4 is 0 Å². The second kappa shape index (κ2) is 7.41. The Morgan fingerprint density at radius 1 is 1.18 bits per heavy atom. The monoisotopic (exact) mass is 239 g/mol. The molecule has 0 aromatic heterocycles. The van der Waals surface area contributed by atoms with Crippen molar-refractivity contribution in [2.45, 2.75) is 85.1 Å². The molecule has 1 rings (SSSR count). The third kappa shape index (κ3) is 6.45. The van der Waals surface area contributed by atoms with Crippen LogP contribution in [0.3, 0.4) is 0 Å². The van der Waals surface area contributed by atoms with Crippen LogP contribution in [-0.4, -0.2) is 12.6 Å². The van der Waals surface area contributed by atoms with Crippen molar-refractivity contribution in [1.29, 1.82) is 0 Å². The zero-order valence-electron chi connectivity index (χ0n) is 12.5. The van der Waals surface area contributed by atoms with Crippen LogP contribution in [0.2, 0.25) is 0 Å². The van der Waals surface area contributed by atoms with Crippen LogP contribution >= 0.6 is 0 Å². The fourth-order valence-corrected chi connectivity index (χ4v) is 3.42. The van der Waals surface area contributed by atoms with Gasteiger partial charge in [-0.3, -0.25) is 0 Å². The lowest BCUT2D eigenvalue weighted by Gasteiger charge is -2.31. The van der Waals surface area contributed by atoms with Crippen molar-refractivity contribution < 1.29 is 0 Å². The average Bonchev–Trinajstić information content (AvgIpc) is 2.27. The molecule has 1 atom stereocenters. The molecule has 0 radical (unpaired) electrons. The largest absolute Gasteiger partial charge is 0.315 e. The molecule has 0 saturated heterocycles. The van der Waals surface area contributed by atoms with Gasteiger partial charge in [-0.15, -0.1) is 0 Å². The first-order valence-electron chi connectivity index (χ1n) is 7.77. The molecular weight excluding hydrogens is 206 g/mol. The Morgan fingerprint density at radius 2 is 1.82 bits per heavy atom. The Morgan fingerprint density at radius 3 is 2.41 bits per heavy atom. The topological polar surface area (TPSA) is 12.0 Å². The van der Waals surface area contributed by atoms with Gasteiger partial charge in [-0.1, -0.05) is 52.9 Å². The van der Waals surface area contributed by atoms with Gasteiger partial charge < -0.3 is 5.32 Å². The second-order valence-corrected chi connectivity index (χ2v) is 6.87. The van der Waals surface area contributed by atoms with Crippen LogP contribution in [0, 0.1) is 11.3 Å². The lowest BCUT2D eigenvalue weighted by Crippen LogP contribution is -2.31. The first-order valence-corrected chi connectivity index (χ1v) is 7.77. The Bertz CT molecular complexity index is 192. The molecular formula is C16H33N. The predicted octanol–water partition coefficient (Wildman–Crippen LogP) is 4.76. The molecule has 0 bridgehead atoms. The van der Waals surface area contributed by atoms with Gasteiger partial charge in [-0.05, 0) is 44.1 Å². The molecule has 0 heterocycles. The summed E-state index contributed by atoms with van der Waals surface area (Å²) in [6, 6.07) is 0.668. The van der Waals surface area contributed by atoms with Crippen molar-refractivity contribution in [3.05, 3.63) is 0 Å². The van der Waals surface area contributed by atoms with Gasteiger partial charge in [0.15, 0.2) is 0 Å². The summed E-state index contributed by atoms with van der Waals surface area (Å²) in [5, 5.41) is 3.54. The Hall–Kier alpha value is -0.0400. The van der Waals surface area contributed by atoms with Gasteiger partial charge in [0.25, 0.3) is 0 Å². The van der Waals surface area contributed by atoms with Gasteiger partial charge in [0, 0.05) is 6.04 Å². The van der Waals surface area contributed by atoms with E-state index in [2.05, 4.69) is 33.0 Å². The molecule has 1 heteroatoms. The lowest BCUT2D eigenvalue weighted by atomic mass is 9.77. The first-order chi connectivity index (χ1) is 8.03. The van der Waals surface area contributed by atoms with Gasteiger partial charge in [0.05, 0.1) is 0 Å². The number of rotatable bonds is 7. The second-order valence-electron chi connectivity index (χ2n) is 6.87. The highest BCUT2D eigenvalue weighted by Crippen LogP contribution is 2.34. The van der Waals surface area contributed by atoms with Crippen molar-refractivity contribution in [2.24, 2.45) is 11.3 Å². The fraction of sp³-hybridized carbons (Fsp3) is 1.00. The van der Waals surface area contributed by atoms with E-state index in [4.69, 9.17) is 0 Å². The number of hydrogen-bond donors (Lipinski definition) is 1. The molecule has 0 aliphatic heterocycles. The van der Waals surface area contributed by atoms with E-state index in [1.807, 2.05) is 0 Å². The lowest BCUT2D eigenvalue weighted by molar-refractivity contribution is 0.225. The fourth-order valence-electron chi connectivity index (χ4n) is 3.42. The highest BCUT2D eigenvalue weighted by molar-refractivity contribution is 4.77. The normalized spacial score (nSPS) is 20.5. The van der Waals surface area contributed by atoms with Gasteiger partial charge in [0.2, 0.25) is 0 Å². The highest BCUT2D eigenvalue weighted by Gasteiger charge is 2.23. The minimum atomic E-state index is 0.513. The zero-order chi connectivity index (χ0) is 12.7. The minimum Gasteiger partial charge on any atom is -0.315 e. The van der Waals surface area contributed by atoms with E-state index in [0.717, 1.165) is 12.5 Å². The molecule has 0 aromatic carbocycles. The number of nitrogens with one attached hydrogen (secondary N) is 1. The molecule has 1 nitrogen and oxygen atoms in total. The standard InChI is InChI=1S/C16H33N/c1-5-17-14(2)13-16(3,4)12-11-15-9-7-6-8-10-15/h14-15,17H,5-13H2,1-4H3. The van der Waals surface area contributed by atoms with Crippen molar-refractivity contribution in [2.75, 3.05) is 6.54 Å². The molecule has 1 aliphatic carbocycles. The average molecular weight is 239 g/mol. The molecule has 0 aromatic rings. The highest BCUT2D eigenvalue weighted by atomic mass is 14.9. The van der Waals surface area contributed by atoms with Crippen molar-refractivity contribution in [3.8, 4) is 0 Å². The SMILES string of the molecule is CCNC(C)CC(C)(C)CCC1CCCCC1. The molecule has 17 heavy (non-hydrogen) atoms. The van der Waals surface area contributed by atoms with Crippen LogP contribution in [0.15, 0.2) is 0 Å². The molecule has 1 unspecified atom stereocenters. The molecule has 0 spiro atoms. The van der Waals surface area contributed by atoms with E-state index in [1.54, 1.807) is 0 Å². The van der Waals surface area contributed by atoms with E-state index >= 15 is 0 Å². The summed E-state index contributed by atoms with van der Waals surface area (Å²) in [4.78, 5) is 0. The van der Waals surface area contributed by atoms with E-state index in [9.17, 15) is 0 Å². The molecule has 0 amide bonds. The molecule has 1 N–H and O–H groups in total. The van der Waals surface area contributed by atoms with Gasteiger partial charge in [-0.2, -0.15) is 0 Å². The maximum atomic E-state index is 3.54. The smallest absolute Gasteiger partial charge is 0.00436 e. The number of hydrogen-bond acceptors (Lipinski definition) is 1. The first kappa shape index (κ1) is 15.0. The maximum Gasteiger partial charge on any atom is 0.00436 e. The molecule has 102 valence electrons. The van der Waals surface area contributed by atoms with Gasteiger partial charge >= 0.3 is 0 Å². The van der Waals surface area contributed by atoms with Crippen LogP contribution in [0.1, 0.15) is 79.1 Å². The Labute approximate surface area is 109 Å². The van der Waals surface area contributed by atoms with E-state index in [1.165, 1.54) is 51.4 Å². The third-order valence-electron chi connectivity index (χ3n) is 4.37. The van der Waals surface area contributed by atoms with Crippen LogP contribution in [0.25, 0.3) is 0 Å². The summed E-state index contributed by atoms with van der Waals surface area (Å²) in [5.41, 5.74) is 0.513. The van der Waals surface area contributed by atoms with Crippen LogP contribution in [0.4, 0.5) is 0 Å². The third-order valence-corrected chi connectivity index (χ3v) is 4.37. The van der Waals surface area contributed by atoms with Crippen LogP contribution in [-0.2, 0) is 0 Å². The van der Waals surface area contributed by atoms with Gasteiger partial charge in [0.1, 0.15) is 0 Å². The van der Waals surface area contributed by atoms with E-state index < -0.39 is 0 Å². The van der Waals surface area contributed by atoms with Crippen molar-refractivity contribution in [1.82, 2.24) is 5.32 Å². The Kier molecular flexibility index (Phi) is 6.54. The quantitative estimate of drug-likeness (QED) is 0.675. The maximum absolute atomic E-state index is 3.54. The summed E-state index contributed by atoms with van der Waals surface area (Å²) in [7, 11) is 0. The molecule has 1 fully saturated rings. The van der Waals surface area contributed by atoms with Gasteiger partial charge in [-0.25, -0.2) is 0 Å². The summed E-state index contributed by atoms with van der Waals surface area (Å²) < 4.78 is 0. The summed E-state index contributed by atoms with van der Waals surface area (Å²) in [6.45, 7) is 10.5. The van der Waals surface area contributed by atoms with Crippen molar-refractivity contribution in [3.63, 3.8) is 0 Å².